The Balaban J connectivity index is 2.08. The van der Waals surface area contributed by atoms with Crippen LogP contribution in [0.2, 0.25) is 0 Å². The molecule has 0 spiro atoms. The molecular weight excluding hydrogens is 530 g/mol. The van der Waals surface area contributed by atoms with E-state index in [4.69, 9.17) is 5.73 Å². The summed E-state index contributed by atoms with van der Waals surface area (Å²) in [7, 11) is 0. The molecule has 1 fully saturated rings. The molecule has 2 atom stereocenters. The summed E-state index contributed by atoms with van der Waals surface area (Å²) in [4.78, 5) is 25.7. The fourth-order valence-electron chi connectivity index (χ4n) is 7.04. The second kappa shape index (κ2) is 28.4. The van der Waals surface area contributed by atoms with Crippen molar-refractivity contribution in [3.63, 3.8) is 0 Å². The number of rotatable bonds is 32. The summed E-state index contributed by atoms with van der Waals surface area (Å²) < 4.78 is 0. The average Bonchev–Trinajstić information content (AvgIpc) is 3.44. The number of nitrogens with two attached hydrogens (primary N) is 1. The highest BCUT2D eigenvalue weighted by Crippen LogP contribution is 2.37. The van der Waals surface area contributed by atoms with Crippen LogP contribution in [0.25, 0.3) is 0 Å². The van der Waals surface area contributed by atoms with E-state index in [9.17, 15) is 9.59 Å². The van der Waals surface area contributed by atoms with E-state index in [-0.39, 0.29) is 17.7 Å². The number of carbonyl (C=O) groups excluding carboxylic acids is 2. The van der Waals surface area contributed by atoms with Gasteiger partial charge in [0, 0.05) is 19.6 Å². The molecule has 0 aromatic rings. The van der Waals surface area contributed by atoms with E-state index in [1.54, 1.807) is 0 Å². The third kappa shape index (κ3) is 19.8. The van der Waals surface area contributed by atoms with Gasteiger partial charge in [0.2, 0.25) is 11.8 Å². The van der Waals surface area contributed by atoms with Crippen molar-refractivity contribution in [2.45, 2.75) is 200 Å². The van der Waals surface area contributed by atoms with Crippen molar-refractivity contribution in [2.75, 3.05) is 19.6 Å². The van der Waals surface area contributed by atoms with Gasteiger partial charge < -0.3 is 16.4 Å². The third-order valence-corrected chi connectivity index (χ3v) is 10.1. The lowest BCUT2D eigenvalue weighted by Crippen LogP contribution is -2.49. The summed E-state index contributed by atoms with van der Waals surface area (Å²) in [6.07, 6.45) is 37.8. The number of hydrogen-bond acceptors (Lipinski definition) is 3. The second-order valence-electron chi connectivity index (χ2n) is 13.9. The topological polar surface area (TPSA) is 84.2 Å². The van der Waals surface area contributed by atoms with Crippen LogP contribution in [0.15, 0.2) is 0 Å². The number of amides is 2. The number of carbonyl (C=O) groups is 2. The summed E-state index contributed by atoms with van der Waals surface area (Å²) in [5, 5.41) is 6.46. The number of unbranched alkanes of at least 4 members (excludes halogenated alkanes) is 26. The van der Waals surface area contributed by atoms with Gasteiger partial charge in [0.15, 0.2) is 0 Å². The maximum absolute atomic E-state index is 13.1. The molecule has 0 aromatic heterocycles. The fraction of sp³-hybridized carbons (Fsp3) is 0.947. The van der Waals surface area contributed by atoms with Gasteiger partial charge in [-0.3, -0.25) is 9.59 Å². The van der Waals surface area contributed by atoms with Crippen molar-refractivity contribution in [1.29, 1.82) is 0 Å². The molecule has 43 heavy (non-hydrogen) atoms. The standard InChI is InChI=1S/C38H75N3O2/c1-3-5-7-9-11-13-15-17-19-21-23-25-27-29-31-38(37(39)43)34-40-33-35(38)36(42)41-32-30-28-26-24-22-20-18-16-14-12-10-8-6-4-2/h35,40H,3-34H2,1-2H3,(H2,39,43)(H,41,42). The Hall–Kier alpha value is -1.10. The molecule has 0 aliphatic carbocycles. The van der Waals surface area contributed by atoms with E-state index in [0.717, 1.165) is 25.7 Å². The lowest BCUT2D eigenvalue weighted by Gasteiger charge is -2.30. The quantitative estimate of drug-likeness (QED) is 0.0667. The van der Waals surface area contributed by atoms with Gasteiger partial charge in [0.1, 0.15) is 0 Å². The lowest BCUT2D eigenvalue weighted by molar-refractivity contribution is -0.138. The van der Waals surface area contributed by atoms with Crippen LogP contribution < -0.4 is 16.4 Å². The Morgan fingerprint density at radius 2 is 0.930 bits per heavy atom. The molecule has 254 valence electrons. The predicted molar refractivity (Wildman–Crippen MR) is 186 cm³/mol. The van der Waals surface area contributed by atoms with E-state index < -0.39 is 5.41 Å². The first-order chi connectivity index (χ1) is 21.1. The van der Waals surface area contributed by atoms with Gasteiger partial charge in [-0.05, 0) is 12.8 Å². The zero-order valence-electron chi connectivity index (χ0n) is 29.1. The fourth-order valence-corrected chi connectivity index (χ4v) is 7.04. The van der Waals surface area contributed by atoms with Gasteiger partial charge in [-0.2, -0.15) is 0 Å². The first-order valence-corrected chi connectivity index (χ1v) is 19.4. The molecule has 4 N–H and O–H groups in total. The van der Waals surface area contributed by atoms with Crippen molar-refractivity contribution in [3.8, 4) is 0 Å². The third-order valence-electron chi connectivity index (χ3n) is 10.1. The minimum absolute atomic E-state index is 0.0175. The van der Waals surface area contributed by atoms with Crippen molar-refractivity contribution < 1.29 is 9.59 Å². The molecule has 2 unspecified atom stereocenters. The Labute approximate surface area is 268 Å². The van der Waals surface area contributed by atoms with Crippen LogP contribution in [0, 0.1) is 11.3 Å². The number of hydrogen-bond donors (Lipinski definition) is 3. The highest BCUT2D eigenvalue weighted by Gasteiger charge is 2.50. The Bertz CT molecular complexity index is 655. The highest BCUT2D eigenvalue weighted by atomic mass is 16.2. The van der Waals surface area contributed by atoms with Crippen molar-refractivity contribution in [1.82, 2.24) is 10.6 Å². The van der Waals surface area contributed by atoms with E-state index in [0.29, 0.717) is 19.6 Å². The van der Waals surface area contributed by atoms with Gasteiger partial charge in [0.05, 0.1) is 11.3 Å². The van der Waals surface area contributed by atoms with E-state index in [1.165, 1.54) is 161 Å². The zero-order chi connectivity index (χ0) is 31.3. The first kappa shape index (κ1) is 39.9. The molecule has 0 aromatic carbocycles. The second-order valence-corrected chi connectivity index (χ2v) is 13.9. The molecule has 1 rings (SSSR count). The molecule has 5 heteroatoms. The smallest absolute Gasteiger partial charge is 0.225 e. The van der Waals surface area contributed by atoms with Crippen molar-refractivity contribution >= 4 is 11.8 Å². The van der Waals surface area contributed by atoms with E-state index in [2.05, 4.69) is 24.5 Å². The summed E-state index contributed by atoms with van der Waals surface area (Å²) in [5.41, 5.74) is 5.22. The summed E-state index contributed by atoms with van der Waals surface area (Å²) in [6.45, 7) is 6.37. The highest BCUT2D eigenvalue weighted by molar-refractivity contribution is 5.91. The van der Waals surface area contributed by atoms with Gasteiger partial charge >= 0.3 is 0 Å². The minimum Gasteiger partial charge on any atom is -0.369 e. The predicted octanol–water partition coefficient (Wildman–Crippen LogP) is 10.1. The molecule has 0 saturated carbocycles. The molecule has 1 aliphatic rings. The SMILES string of the molecule is CCCCCCCCCCCCCCCCNC(=O)C1CNCC1(CCCCCCCCCCCCCCCC)C(N)=O. The van der Waals surface area contributed by atoms with Crippen molar-refractivity contribution in [2.24, 2.45) is 17.1 Å². The Morgan fingerprint density at radius 3 is 1.30 bits per heavy atom. The van der Waals surface area contributed by atoms with E-state index >= 15 is 0 Å². The Kier molecular flexibility index (Phi) is 26.3. The minimum atomic E-state index is -0.725. The number of primary amides is 1. The van der Waals surface area contributed by atoms with Gasteiger partial charge in [-0.1, -0.05) is 187 Å². The van der Waals surface area contributed by atoms with Crippen LogP contribution in [-0.4, -0.2) is 31.4 Å². The van der Waals surface area contributed by atoms with Gasteiger partial charge in [-0.25, -0.2) is 0 Å². The normalized spacial score (nSPS) is 18.3. The molecule has 1 aliphatic heterocycles. The van der Waals surface area contributed by atoms with Crippen LogP contribution in [0.4, 0.5) is 0 Å². The maximum atomic E-state index is 13.1. The Morgan fingerprint density at radius 1 is 0.581 bits per heavy atom. The molecule has 2 amide bonds. The summed E-state index contributed by atoms with van der Waals surface area (Å²) in [6, 6.07) is 0. The summed E-state index contributed by atoms with van der Waals surface area (Å²) >= 11 is 0. The summed E-state index contributed by atoms with van der Waals surface area (Å²) in [5.74, 6) is -0.619. The monoisotopic (exact) mass is 606 g/mol. The van der Waals surface area contributed by atoms with Crippen molar-refractivity contribution in [3.05, 3.63) is 0 Å². The molecule has 1 saturated heterocycles. The number of nitrogens with one attached hydrogen (secondary N) is 2. The van der Waals surface area contributed by atoms with Gasteiger partial charge in [0.25, 0.3) is 0 Å². The van der Waals surface area contributed by atoms with Gasteiger partial charge in [-0.15, -0.1) is 0 Å². The molecule has 1 heterocycles. The largest absolute Gasteiger partial charge is 0.369 e. The maximum Gasteiger partial charge on any atom is 0.225 e. The van der Waals surface area contributed by atoms with Crippen LogP contribution in [0.5, 0.6) is 0 Å². The first-order valence-electron chi connectivity index (χ1n) is 19.4. The van der Waals surface area contributed by atoms with Crippen LogP contribution >= 0.6 is 0 Å². The van der Waals surface area contributed by atoms with Crippen LogP contribution in [-0.2, 0) is 9.59 Å². The van der Waals surface area contributed by atoms with Crippen LogP contribution in [0.1, 0.15) is 200 Å². The molecule has 5 nitrogen and oxygen atoms in total. The average molecular weight is 606 g/mol. The zero-order valence-corrected chi connectivity index (χ0v) is 29.1. The molecular formula is C38H75N3O2. The molecule has 0 radical (unpaired) electrons. The van der Waals surface area contributed by atoms with E-state index in [1.807, 2.05) is 0 Å². The van der Waals surface area contributed by atoms with Crippen LogP contribution in [0.3, 0.4) is 0 Å². The molecule has 0 bridgehead atoms. The lowest BCUT2D eigenvalue weighted by atomic mass is 9.73.